The van der Waals surface area contributed by atoms with E-state index in [1.807, 2.05) is 6.92 Å². The van der Waals surface area contributed by atoms with Gasteiger partial charge < -0.3 is 18.9 Å². The van der Waals surface area contributed by atoms with Gasteiger partial charge in [-0.05, 0) is 86.4 Å². The number of carbonyl (C=O) groups excluding carboxylic acids is 4. The molecule has 0 bridgehead atoms. The second kappa shape index (κ2) is 14.1. The molecule has 4 fully saturated rings. The molecule has 11 nitrogen and oxygen atoms in total. The Labute approximate surface area is 288 Å². The zero-order valence-corrected chi connectivity index (χ0v) is 29.8. The van der Waals surface area contributed by atoms with Gasteiger partial charge in [-0.25, -0.2) is 0 Å². The van der Waals surface area contributed by atoms with Gasteiger partial charge in [-0.1, -0.05) is 20.8 Å². The van der Waals surface area contributed by atoms with Gasteiger partial charge in [0.1, 0.15) is 18.3 Å². The molecule has 0 saturated heterocycles. The van der Waals surface area contributed by atoms with E-state index >= 15 is 0 Å². The molecule has 0 spiro atoms. The Morgan fingerprint density at radius 1 is 0.860 bits per heavy atom. The van der Waals surface area contributed by atoms with Crippen molar-refractivity contribution in [3.63, 3.8) is 0 Å². The van der Waals surface area contributed by atoms with Crippen LogP contribution < -0.4 is 0 Å². The minimum Gasteiger partial charge on any atom is -0.463 e. The minimum absolute atomic E-state index is 0.0425. The van der Waals surface area contributed by atoms with Crippen molar-refractivity contribution in [3.8, 4) is 0 Å². The molecule has 0 heterocycles. The minimum atomic E-state index is -6.58. The standard InChI is InChI=1S/C33H47F5O11S/c1-16(7-10-27(42)49-29(32(34,35)36)33(37,38)50(43,44)45)22-8-9-23-28-24(15-26(31(22,23)6)48-19(4)41)30(5)12-11-21(46-17(2)39)13-20(30)14-25(28)47-18(3)40/h16,20-26,28-29H,7-15H2,1-6H3,(H,43,44,45)/t16?,20-,21+,22?,23-,24-,25+,26-,28-,29?,30-,31+/m0/s1. The zero-order chi connectivity index (χ0) is 37.8. The van der Waals surface area contributed by atoms with E-state index in [1.54, 1.807) is 6.92 Å². The second-order valence-electron chi connectivity index (χ2n) is 15.2. The highest BCUT2D eigenvalue weighted by Gasteiger charge is 2.68. The zero-order valence-electron chi connectivity index (χ0n) is 29.0. The van der Waals surface area contributed by atoms with Crippen molar-refractivity contribution in [3.05, 3.63) is 0 Å². The maximum atomic E-state index is 14.0. The molecule has 4 rings (SSSR count). The fourth-order valence-electron chi connectivity index (χ4n) is 10.3. The molecule has 1 N–H and O–H groups in total. The van der Waals surface area contributed by atoms with Crippen LogP contribution in [0.5, 0.6) is 0 Å². The number of ether oxygens (including phenoxy) is 4. The molecule has 3 unspecified atom stereocenters. The molecule has 4 aliphatic rings. The highest BCUT2D eigenvalue weighted by molar-refractivity contribution is 7.86. The quantitative estimate of drug-likeness (QED) is 0.120. The molecule has 0 aromatic rings. The monoisotopic (exact) mass is 746 g/mol. The van der Waals surface area contributed by atoms with Crippen molar-refractivity contribution in [2.24, 2.45) is 46.3 Å². The third-order valence-corrected chi connectivity index (χ3v) is 13.3. The van der Waals surface area contributed by atoms with E-state index in [-0.39, 0.29) is 53.5 Å². The number of hydrogen-bond donors (Lipinski definition) is 1. The lowest BCUT2D eigenvalue weighted by Crippen LogP contribution is -2.63. The van der Waals surface area contributed by atoms with Gasteiger partial charge >= 0.3 is 45.4 Å². The van der Waals surface area contributed by atoms with Gasteiger partial charge in [0.25, 0.3) is 6.10 Å². The Morgan fingerprint density at radius 3 is 2.00 bits per heavy atom. The summed E-state index contributed by atoms with van der Waals surface area (Å²) in [5.74, 6) is -4.05. The van der Waals surface area contributed by atoms with Gasteiger partial charge in [0.2, 0.25) is 0 Å². The van der Waals surface area contributed by atoms with Gasteiger partial charge in [0.15, 0.2) is 0 Å². The Balaban J connectivity index is 1.60. The highest BCUT2D eigenvalue weighted by atomic mass is 32.2. The van der Waals surface area contributed by atoms with Crippen molar-refractivity contribution in [2.45, 2.75) is 135 Å². The number of halogens is 5. The lowest BCUT2D eigenvalue weighted by atomic mass is 9.43. The average molecular weight is 747 g/mol. The van der Waals surface area contributed by atoms with E-state index in [9.17, 15) is 49.5 Å². The molecule has 0 radical (unpaired) electrons. The van der Waals surface area contributed by atoms with Gasteiger partial charge in [0.05, 0.1) is 0 Å². The Hall–Kier alpha value is -2.56. The maximum Gasteiger partial charge on any atom is 0.432 e. The Bertz CT molecular complexity index is 1440. The molecule has 12 atom stereocenters. The smallest absolute Gasteiger partial charge is 0.432 e. The average Bonchev–Trinajstić information content (AvgIpc) is 3.31. The van der Waals surface area contributed by atoms with E-state index in [2.05, 4.69) is 11.7 Å². The maximum absolute atomic E-state index is 14.0. The van der Waals surface area contributed by atoms with Crippen LogP contribution in [0.4, 0.5) is 22.0 Å². The fourth-order valence-corrected chi connectivity index (χ4v) is 10.8. The van der Waals surface area contributed by atoms with Crippen molar-refractivity contribution in [1.29, 1.82) is 0 Å². The summed E-state index contributed by atoms with van der Waals surface area (Å²) in [6, 6.07) is 0. The van der Waals surface area contributed by atoms with Crippen molar-refractivity contribution >= 4 is 34.0 Å². The third-order valence-electron chi connectivity index (χ3n) is 12.4. The van der Waals surface area contributed by atoms with Gasteiger partial charge in [0, 0.05) is 38.5 Å². The van der Waals surface area contributed by atoms with Crippen LogP contribution in [0.15, 0.2) is 0 Å². The normalized spacial score (nSPS) is 36.9. The molecule has 286 valence electrons. The number of alkyl halides is 5. The molecule has 0 aliphatic heterocycles. The molecule has 17 heteroatoms. The van der Waals surface area contributed by atoms with E-state index < -0.39 is 75.5 Å². The van der Waals surface area contributed by atoms with Crippen LogP contribution in [0.1, 0.15) is 99.3 Å². The number of fused-ring (bicyclic) bond motifs is 5. The molecule has 0 amide bonds. The van der Waals surface area contributed by atoms with Crippen LogP contribution in [0.2, 0.25) is 0 Å². The van der Waals surface area contributed by atoms with Gasteiger partial charge in [-0.15, -0.1) is 0 Å². The van der Waals surface area contributed by atoms with Crippen molar-refractivity contribution in [2.75, 3.05) is 0 Å². The van der Waals surface area contributed by atoms with E-state index in [1.165, 1.54) is 20.8 Å². The summed E-state index contributed by atoms with van der Waals surface area (Å²) in [6.45, 7) is 9.90. The molecule has 4 saturated carbocycles. The Morgan fingerprint density at radius 2 is 1.46 bits per heavy atom. The fraction of sp³-hybridized carbons (Fsp3) is 0.879. The van der Waals surface area contributed by atoms with E-state index in [0.29, 0.717) is 38.5 Å². The highest BCUT2D eigenvalue weighted by Crippen LogP contribution is 2.69. The van der Waals surface area contributed by atoms with Gasteiger partial charge in [-0.3, -0.25) is 23.7 Å². The number of carbonyl (C=O) groups is 4. The number of rotatable bonds is 10. The Kier molecular flexibility index (Phi) is 11.3. The van der Waals surface area contributed by atoms with Crippen molar-refractivity contribution in [1.82, 2.24) is 0 Å². The summed E-state index contributed by atoms with van der Waals surface area (Å²) in [6.07, 6.45) is -8.54. The third kappa shape index (κ3) is 7.63. The topological polar surface area (TPSA) is 160 Å². The van der Waals surface area contributed by atoms with Crippen LogP contribution in [-0.4, -0.2) is 72.7 Å². The first-order valence-corrected chi connectivity index (χ1v) is 18.4. The lowest BCUT2D eigenvalue weighted by Gasteiger charge is -2.64. The van der Waals surface area contributed by atoms with Crippen LogP contribution in [0, 0.1) is 46.3 Å². The summed E-state index contributed by atoms with van der Waals surface area (Å²) >= 11 is 0. The SMILES string of the molecule is CC(=O)O[C@@H]1CC[C@@]2(C)[C@@H](C1)C[C@@H](OC(C)=O)[C@@H]1[C@@H]2C[C@H](OC(C)=O)[C@]2(C)C(C(C)CCC(=O)OC(C(F)(F)F)C(F)(F)S(=O)(=O)O)CC[C@@H]12. The molecular formula is C33H47F5O11S. The molecular weight excluding hydrogens is 699 g/mol. The predicted molar refractivity (Wildman–Crippen MR) is 163 cm³/mol. The van der Waals surface area contributed by atoms with Crippen LogP contribution in [0.25, 0.3) is 0 Å². The molecule has 50 heavy (non-hydrogen) atoms. The first-order valence-electron chi connectivity index (χ1n) is 17.0. The summed E-state index contributed by atoms with van der Waals surface area (Å²) in [7, 11) is -6.58. The summed E-state index contributed by atoms with van der Waals surface area (Å²) < 4.78 is 120. The number of esters is 4. The summed E-state index contributed by atoms with van der Waals surface area (Å²) in [5, 5.41) is -5.83. The van der Waals surface area contributed by atoms with Crippen LogP contribution in [-0.2, 0) is 48.2 Å². The lowest BCUT2D eigenvalue weighted by molar-refractivity contribution is -0.259. The first-order chi connectivity index (χ1) is 22.8. The summed E-state index contributed by atoms with van der Waals surface area (Å²) in [5.41, 5.74) is -0.997. The van der Waals surface area contributed by atoms with E-state index in [4.69, 9.17) is 18.8 Å². The number of hydrogen-bond acceptors (Lipinski definition) is 10. The predicted octanol–water partition coefficient (Wildman–Crippen LogP) is 6.03. The van der Waals surface area contributed by atoms with Crippen LogP contribution in [0.3, 0.4) is 0 Å². The van der Waals surface area contributed by atoms with Crippen molar-refractivity contribution < 1.29 is 73.0 Å². The van der Waals surface area contributed by atoms with Gasteiger partial charge in [-0.2, -0.15) is 30.4 Å². The molecule has 4 aliphatic carbocycles. The molecule has 0 aromatic carbocycles. The summed E-state index contributed by atoms with van der Waals surface area (Å²) in [4.78, 5) is 49.2. The van der Waals surface area contributed by atoms with E-state index in [0.717, 1.165) is 6.42 Å². The second-order valence-corrected chi connectivity index (χ2v) is 16.7. The molecule has 0 aromatic heterocycles. The van der Waals surface area contributed by atoms with Crippen LogP contribution >= 0.6 is 0 Å². The first kappa shape index (κ1) is 40.2. The largest absolute Gasteiger partial charge is 0.463 e.